The van der Waals surface area contributed by atoms with Crippen molar-refractivity contribution in [2.24, 2.45) is 0 Å². The van der Waals surface area contributed by atoms with Crippen LogP contribution in [0.4, 0.5) is 0 Å². The average Bonchev–Trinajstić information content (AvgIpc) is 2.21. The van der Waals surface area contributed by atoms with Crippen molar-refractivity contribution in [2.45, 2.75) is 26.4 Å². The molecule has 86 valence electrons. The highest BCUT2D eigenvalue weighted by Gasteiger charge is 2.14. The maximum Gasteiger partial charge on any atom is 0.383 e. The molecule has 0 spiro atoms. The van der Waals surface area contributed by atoms with E-state index in [9.17, 15) is 14.4 Å². The molecule has 0 aromatic heterocycles. The van der Waals surface area contributed by atoms with Crippen molar-refractivity contribution < 1.29 is 29.3 Å². The molecule has 15 heavy (non-hydrogen) atoms. The standard InChI is InChI=1S/C8H13NO6/c1-3-6(11)9-4-7(12)14-15-8(13)5(2)10/h5,10H,3-4H2,1-2H3,(H,9,11). The summed E-state index contributed by atoms with van der Waals surface area (Å²) in [5.41, 5.74) is 0. The van der Waals surface area contributed by atoms with E-state index < -0.39 is 18.0 Å². The van der Waals surface area contributed by atoms with Gasteiger partial charge in [-0.05, 0) is 6.92 Å². The molecule has 0 saturated heterocycles. The minimum atomic E-state index is -1.37. The first-order valence-corrected chi connectivity index (χ1v) is 4.33. The molecule has 0 aliphatic heterocycles. The number of nitrogens with one attached hydrogen (secondary N) is 1. The topological polar surface area (TPSA) is 102 Å². The van der Waals surface area contributed by atoms with Gasteiger partial charge in [0.05, 0.1) is 0 Å². The molecule has 0 heterocycles. The summed E-state index contributed by atoms with van der Waals surface area (Å²) in [7, 11) is 0. The lowest BCUT2D eigenvalue weighted by molar-refractivity contribution is -0.263. The molecule has 0 rings (SSSR count). The SMILES string of the molecule is CCC(=O)NCC(=O)OOC(=O)C(C)O. The van der Waals surface area contributed by atoms with Crippen molar-refractivity contribution in [2.75, 3.05) is 6.54 Å². The van der Waals surface area contributed by atoms with E-state index in [2.05, 4.69) is 15.1 Å². The lowest BCUT2D eigenvalue weighted by Gasteiger charge is -2.05. The fourth-order valence-corrected chi connectivity index (χ4v) is 0.482. The van der Waals surface area contributed by atoms with E-state index in [0.717, 1.165) is 6.92 Å². The van der Waals surface area contributed by atoms with Gasteiger partial charge in [0, 0.05) is 6.42 Å². The molecule has 0 radical (unpaired) electrons. The van der Waals surface area contributed by atoms with E-state index in [1.165, 1.54) is 0 Å². The fraction of sp³-hybridized carbons (Fsp3) is 0.625. The monoisotopic (exact) mass is 219 g/mol. The van der Waals surface area contributed by atoms with Gasteiger partial charge in [-0.15, -0.1) is 0 Å². The third-order valence-corrected chi connectivity index (χ3v) is 1.31. The number of carbonyl (C=O) groups excluding carboxylic acids is 3. The Morgan fingerprint density at radius 3 is 2.40 bits per heavy atom. The van der Waals surface area contributed by atoms with Gasteiger partial charge in [-0.3, -0.25) is 4.79 Å². The number of amides is 1. The molecule has 2 N–H and O–H groups in total. The lowest BCUT2D eigenvalue weighted by Crippen LogP contribution is -2.31. The second-order valence-corrected chi connectivity index (χ2v) is 2.66. The van der Waals surface area contributed by atoms with Gasteiger partial charge in [-0.25, -0.2) is 19.4 Å². The second-order valence-electron chi connectivity index (χ2n) is 2.66. The molecule has 0 aliphatic rings. The van der Waals surface area contributed by atoms with Gasteiger partial charge in [0.25, 0.3) is 0 Å². The molecule has 0 saturated carbocycles. The largest absolute Gasteiger partial charge is 0.383 e. The van der Waals surface area contributed by atoms with Crippen LogP contribution >= 0.6 is 0 Å². The summed E-state index contributed by atoms with van der Waals surface area (Å²) in [6, 6.07) is 0. The zero-order valence-corrected chi connectivity index (χ0v) is 8.48. The van der Waals surface area contributed by atoms with Crippen LogP contribution in [0.15, 0.2) is 0 Å². The Kier molecular flexibility index (Phi) is 6.03. The minimum absolute atomic E-state index is 0.237. The maximum absolute atomic E-state index is 10.8. The van der Waals surface area contributed by atoms with Gasteiger partial charge in [0.2, 0.25) is 5.91 Å². The molecule has 1 unspecified atom stereocenters. The normalized spacial score (nSPS) is 11.4. The predicted molar refractivity (Wildman–Crippen MR) is 47.2 cm³/mol. The van der Waals surface area contributed by atoms with Crippen LogP contribution in [0.3, 0.4) is 0 Å². The fourth-order valence-electron chi connectivity index (χ4n) is 0.482. The minimum Gasteiger partial charge on any atom is -0.382 e. The van der Waals surface area contributed by atoms with Gasteiger partial charge in [-0.2, -0.15) is 0 Å². The zero-order valence-electron chi connectivity index (χ0n) is 8.48. The van der Waals surface area contributed by atoms with Crippen LogP contribution in [-0.2, 0) is 24.2 Å². The Morgan fingerprint density at radius 2 is 1.93 bits per heavy atom. The molecule has 7 heteroatoms. The van der Waals surface area contributed by atoms with E-state index in [-0.39, 0.29) is 18.9 Å². The van der Waals surface area contributed by atoms with Gasteiger partial charge >= 0.3 is 11.9 Å². The summed E-state index contributed by atoms with van der Waals surface area (Å²) >= 11 is 0. The van der Waals surface area contributed by atoms with Crippen LogP contribution in [-0.4, -0.2) is 35.6 Å². The van der Waals surface area contributed by atoms with Crippen LogP contribution in [0.1, 0.15) is 20.3 Å². The first-order chi connectivity index (χ1) is 6.97. The van der Waals surface area contributed by atoms with Gasteiger partial charge in [0.15, 0.2) is 6.10 Å². The van der Waals surface area contributed by atoms with E-state index in [1.54, 1.807) is 6.92 Å². The van der Waals surface area contributed by atoms with Gasteiger partial charge in [0.1, 0.15) is 6.54 Å². The summed E-state index contributed by atoms with van der Waals surface area (Å²) in [6.45, 7) is 2.39. The molecule has 0 aliphatic carbocycles. The molecule has 0 bridgehead atoms. The maximum atomic E-state index is 10.8. The summed E-state index contributed by atoms with van der Waals surface area (Å²) in [5, 5.41) is 10.9. The number of hydrogen-bond acceptors (Lipinski definition) is 6. The summed E-state index contributed by atoms with van der Waals surface area (Å²) in [4.78, 5) is 40.0. The van der Waals surface area contributed by atoms with E-state index in [1.807, 2.05) is 0 Å². The highest BCUT2D eigenvalue weighted by Crippen LogP contribution is 1.88. The van der Waals surface area contributed by atoms with E-state index >= 15 is 0 Å². The Labute approximate surface area is 86.3 Å². The molecule has 1 amide bonds. The first-order valence-electron chi connectivity index (χ1n) is 4.33. The van der Waals surface area contributed by atoms with E-state index in [4.69, 9.17) is 5.11 Å². The molecule has 0 aromatic carbocycles. The zero-order chi connectivity index (χ0) is 11.8. The van der Waals surface area contributed by atoms with Crippen LogP contribution in [0.2, 0.25) is 0 Å². The first kappa shape index (κ1) is 13.4. The van der Waals surface area contributed by atoms with Crippen LogP contribution in [0, 0.1) is 0 Å². The Balaban J connectivity index is 3.67. The molecule has 0 aromatic rings. The molecular formula is C8H13NO6. The second kappa shape index (κ2) is 6.77. The smallest absolute Gasteiger partial charge is 0.382 e. The quantitative estimate of drug-likeness (QED) is 0.459. The van der Waals surface area contributed by atoms with Crippen molar-refractivity contribution in [3.63, 3.8) is 0 Å². The highest BCUT2D eigenvalue weighted by atomic mass is 17.2. The van der Waals surface area contributed by atoms with Crippen molar-refractivity contribution >= 4 is 17.8 Å². The molecule has 1 atom stereocenters. The van der Waals surface area contributed by atoms with Crippen LogP contribution in [0.25, 0.3) is 0 Å². The average molecular weight is 219 g/mol. The van der Waals surface area contributed by atoms with Crippen LogP contribution < -0.4 is 5.32 Å². The van der Waals surface area contributed by atoms with E-state index in [0.29, 0.717) is 0 Å². The van der Waals surface area contributed by atoms with Gasteiger partial charge < -0.3 is 10.4 Å². The number of hydrogen-bond donors (Lipinski definition) is 2. The number of aliphatic hydroxyl groups is 1. The lowest BCUT2D eigenvalue weighted by atomic mass is 10.4. The number of aliphatic hydroxyl groups excluding tert-OH is 1. The highest BCUT2D eigenvalue weighted by molar-refractivity contribution is 5.82. The third kappa shape index (κ3) is 6.44. The van der Waals surface area contributed by atoms with Gasteiger partial charge in [-0.1, -0.05) is 6.92 Å². The van der Waals surface area contributed by atoms with Crippen LogP contribution in [0.5, 0.6) is 0 Å². The molecule has 0 fully saturated rings. The third-order valence-electron chi connectivity index (χ3n) is 1.31. The Morgan fingerprint density at radius 1 is 1.33 bits per heavy atom. The summed E-state index contributed by atoms with van der Waals surface area (Å²) < 4.78 is 0. The molecular weight excluding hydrogens is 206 g/mol. The number of rotatable bonds is 4. The summed E-state index contributed by atoms with van der Waals surface area (Å²) in [6.07, 6.45) is -1.14. The van der Waals surface area contributed by atoms with Crippen molar-refractivity contribution in [1.82, 2.24) is 5.32 Å². The Hall–Kier alpha value is -1.63. The number of carbonyl (C=O) groups is 3. The summed E-state index contributed by atoms with van der Waals surface area (Å²) in [5.74, 6) is -2.33. The molecule has 7 nitrogen and oxygen atoms in total. The predicted octanol–water partition coefficient (Wildman–Crippen LogP) is -1.11. The van der Waals surface area contributed by atoms with Crippen molar-refractivity contribution in [1.29, 1.82) is 0 Å². The van der Waals surface area contributed by atoms with Crippen molar-refractivity contribution in [3.8, 4) is 0 Å². The van der Waals surface area contributed by atoms with Crippen molar-refractivity contribution in [3.05, 3.63) is 0 Å². The Bertz CT molecular complexity index is 250.